The lowest BCUT2D eigenvalue weighted by molar-refractivity contribution is 0.111. The molecule has 0 saturated carbocycles. The molecule has 80 valence electrons. The number of para-hydroxylation sites is 1. The molecule has 15 heavy (non-hydrogen) atoms. The number of halogens is 1. The summed E-state index contributed by atoms with van der Waals surface area (Å²) in [6.45, 7) is 2.41. The van der Waals surface area contributed by atoms with Crippen molar-refractivity contribution in [3.8, 4) is 0 Å². The van der Waals surface area contributed by atoms with Gasteiger partial charge in [-0.2, -0.15) is 0 Å². The van der Waals surface area contributed by atoms with Crippen LogP contribution in [0, 0.1) is 5.82 Å². The Morgan fingerprint density at radius 3 is 2.73 bits per heavy atom. The number of hydrogen-bond donors (Lipinski definition) is 0. The first-order chi connectivity index (χ1) is 7.33. The highest BCUT2D eigenvalue weighted by Gasteiger charge is 2.17. The molecular formula is C11H12FNO2. The molecular weight excluding hydrogens is 197 g/mol. The van der Waals surface area contributed by atoms with Crippen LogP contribution < -0.4 is 4.90 Å². The Morgan fingerprint density at radius 2 is 2.07 bits per heavy atom. The van der Waals surface area contributed by atoms with E-state index in [9.17, 15) is 9.18 Å². The fourth-order valence-corrected chi connectivity index (χ4v) is 1.75. The van der Waals surface area contributed by atoms with E-state index in [1.165, 1.54) is 6.07 Å². The lowest BCUT2D eigenvalue weighted by Gasteiger charge is -2.29. The van der Waals surface area contributed by atoms with Gasteiger partial charge in [-0.1, -0.05) is 6.07 Å². The first-order valence-corrected chi connectivity index (χ1v) is 4.89. The summed E-state index contributed by atoms with van der Waals surface area (Å²) in [6, 6.07) is 4.54. The minimum atomic E-state index is -0.346. The number of nitrogens with zero attached hydrogens (tertiary/aromatic N) is 1. The number of carbonyl (C=O) groups is 1. The second kappa shape index (κ2) is 4.40. The third-order valence-corrected chi connectivity index (χ3v) is 2.47. The van der Waals surface area contributed by atoms with Gasteiger partial charge in [-0.15, -0.1) is 0 Å². The molecule has 1 heterocycles. The van der Waals surface area contributed by atoms with E-state index in [4.69, 9.17) is 4.74 Å². The van der Waals surface area contributed by atoms with Crippen LogP contribution >= 0.6 is 0 Å². The van der Waals surface area contributed by atoms with Gasteiger partial charge in [0.1, 0.15) is 5.82 Å². The summed E-state index contributed by atoms with van der Waals surface area (Å²) in [4.78, 5) is 12.6. The molecule has 1 fully saturated rings. The van der Waals surface area contributed by atoms with E-state index < -0.39 is 0 Å². The number of aldehydes is 1. The van der Waals surface area contributed by atoms with E-state index in [2.05, 4.69) is 0 Å². The van der Waals surface area contributed by atoms with Gasteiger partial charge in [-0.3, -0.25) is 4.79 Å². The van der Waals surface area contributed by atoms with Crippen LogP contribution in [0.5, 0.6) is 0 Å². The molecule has 0 radical (unpaired) electrons. The minimum absolute atomic E-state index is 0.346. The lowest BCUT2D eigenvalue weighted by atomic mass is 10.1. The van der Waals surface area contributed by atoms with Gasteiger partial charge >= 0.3 is 0 Å². The van der Waals surface area contributed by atoms with Crippen LogP contribution in [0.2, 0.25) is 0 Å². The normalized spacial score (nSPS) is 16.5. The van der Waals surface area contributed by atoms with E-state index in [0.717, 1.165) is 0 Å². The van der Waals surface area contributed by atoms with Crippen molar-refractivity contribution in [1.82, 2.24) is 0 Å². The molecule has 1 aliphatic rings. The van der Waals surface area contributed by atoms with Gasteiger partial charge in [0.2, 0.25) is 0 Å². The maximum absolute atomic E-state index is 13.6. The molecule has 3 nitrogen and oxygen atoms in total. The van der Waals surface area contributed by atoms with Crippen LogP contribution in [0.25, 0.3) is 0 Å². The fraction of sp³-hybridized carbons (Fsp3) is 0.364. The standard InChI is InChI=1S/C11H12FNO2/c12-10-3-1-2-9(8-14)11(10)13-4-6-15-7-5-13/h1-3,8H,4-7H2. The van der Waals surface area contributed by atoms with Gasteiger partial charge in [0.05, 0.1) is 18.9 Å². The molecule has 0 aromatic heterocycles. The molecule has 0 N–H and O–H groups in total. The quantitative estimate of drug-likeness (QED) is 0.691. The van der Waals surface area contributed by atoms with Crippen LogP contribution in [0.4, 0.5) is 10.1 Å². The molecule has 0 unspecified atom stereocenters. The van der Waals surface area contributed by atoms with Crippen LogP contribution in [-0.2, 0) is 4.74 Å². The Hall–Kier alpha value is -1.42. The van der Waals surface area contributed by atoms with Gasteiger partial charge in [-0.25, -0.2) is 4.39 Å². The van der Waals surface area contributed by atoms with Crippen LogP contribution in [0.3, 0.4) is 0 Å². The molecule has 1 aliphatic heterocycles. The van der Waals surface area contributed by atoms with Gasteiger partial charge in [0.15, 0.2) is 6.29 Å². The number of anilines is 1. The highest BCUT2D eigenvalue weighted by atomic mass is 19.1. The van der Waals surface area contributed by atoms with Crippen molar-refractivity contribution in [3.63, 3.8) is 0 Å². The predicted octanol–water partition coefficient (Wildman–Crippen LogP) is 1.47. The third kappa shape index (κ3) is 1.99. The predicted molar refractivity (Wildman–Crippen MR) is 54.8 cm³/mol. The number of carbonyl (C=O) groups excluding carboxylic acids is 1. The fourth-order valence-electron chi connectivity index (χ4n) is 1.75. The summed E-state index contributed by atoms with van der Waals surface area (Å²) in [5.74, 6) is -0.346. The van der Waals surface area contributed by atoms with E-state index in [-0.39, 0.29) is 5.82 Å². The highest BCUT2D eigenvalue weighted by molar-refractivity contribution is 5.84. The summed E-state index contributed by atoms with van der Waals surface area (Å²) in [7, 11) is 0. The zero-order chi connectivity index (χ0) is 10.7. The first-order valence-electron chi connectivity index (χ1n) is 4.89. The van der Waals surface area contributed by atoms with E-state index in [0.29, 0.717) is 43.8 Å². The Kier molecular flexibility index (Phi) is 2.97. The summed E-state index contributed by atoms with van der Waals surface area (Å²) in [6.07, 6.45) is 0.688. The lowest BCUT2D eigenvalue weighted by Crippen LogP contribution is -2.37. The first kappa shape index (κ1) is 10.1. The summed E-state index contributed by atoms with van der Waals surface area (Å²) in [5.41, 5.74) is 0.799. The second-order valence-corrected chi connectivity index (χ2v) is 3.39. The Balaban J connectivity index is 2.35. The van der Waals surface area contributed by atoms with Crippen molar-refractivity contribution in [3.05, 3.63) is 29.6 Å². The van der Waals surface area contributed by atoms with Crippen molar-refractivity contribution in [1.29, 1.82) is 0 Å². The van der Waals surface area contributed by atoms with E-state index in [1.807, 2.05) is 4.90 Å². The van der Waals surface area contributed by atoms with E-state index in [1.54, 1.807) is 12.1 Å². The van der Waals surface area contributed by atoms with Gasteiger partial charge < -0.3 is 9.64 Å². The Bertz CT molecular complexity index is 362. The molecule has 0 bridgehead atoms. The molecule has 0 aliphatic carbocycles. The van der Waals surface area contributed by atoms with Crippen molar-refractivity contribution < 1.29 is 13.9 Å². The van der Waals surface area contributed by atoms with Crippen LogP contribution in [0.1, 0.15) is 10.4 Å². The largest absolute Gasteiger partial charge is 0.378 e. The zero-order valence-corrected chi connectivity index (χ0v) is 8.28. The molecule has 0 atom stereocenters. The monoisotopic (exact) mass is 209 g/mol. The number of benzene rings is 1. The SMILES string of the molecule is O=Cc1cccc(F)c1N1CCOCC1. The highest BCUT2D eigenvalue weighted by Crippen LogP contribution is 2.23. The molecule has 1 aromatic rings. The summed E-state index contributed by atoms with van der Waals surface area (Å²) in [5, 5.41) is 0. The summed E-state index contributed by atoms with van der Waals surface area (Å²) >= 11 is 0. The molecule has 4 heteroatoms. The number of morpholine rings is 1. The summed E-state index contributed by atoms with van der Waals surface area (Å²) < 4.78 is 18.8. The van der Waals surface area contributed by atoms with Gasteiger partial charge in [-0.05, 0) is 12.1 Å². The Labute approximate surface area is 87.5 Å². The number of rotatable bonds is 2. The second-order valence-electron chi connectivity index (χ2n) is 3.39. The molecule has 0 spiro atoms. The van der Waals surface area contributed by atoms with Gasteiger partial charge in [0.25, 0.3) is 0 Å². The number of hydrogen-bond acceptors (Lipinski definition) is 3. The van der Waals surface area contributed by atoms with Gasteiger partial charge in [0, 0.05) is 18.7 Å². The van der Waals surface area contributed by atoms with Crippen molar-refractivity contribution in [2.75, 3.05) is 31.2 Å². The Morgan fingerprint density at radius 1 is 1.33 bits per heavy atom. The average Bonchev–Trinajstić information content (AvgIpc) is 2.29. The topological polar surface area (TPSA) is 29.5 Å². The van der Waals surface area contributed by atoms with E-state index >= 15 is 0 Å². The van der Waals surface area contributed by atoms with Crippen LogP contribution in [0.15, 0.2) is 18.2 Å². The molecule has 0 amide bonds. The van der Waals surface area contributed by atoms with Crippen molar-refractivity contribution >= 4 is 12.0 Å². The average molecular weight is 209 g/mol. The maximum Gasteiger partial charge on any atom is 0.152 e. The minimum Gasteiger partial charge on any atom is -0.378 e. The molecule has 1 saturated heterocycles. The molecule has 2 rings (SSSR count). The van der Waals surface area contributed by atoms with Crippen LogP contribution in [-0.4, -0.2) is 32.6 Å². The maximum atomic E-state index is 13.6. The van der Waals surface area contributed by atoms with Crippen molar-refractivity contribution in [2.45, 2.75) is 0 Å². The number of ether oxygens (including phenoxy) is 1. The smallest absolute Gasteiger partial charge is 0.152 e. The third-order valence-electron chi connectivity index (χ3n) is 2.47. The molecule has 1 aromatic carbocycles. The zero-order valence-electron chi connectivity index (χ0n) is 8.28. The van der Waals surface area contributed by atoms with Crippen molar-refractivity contribution in [2.24, 2.45) is 0 Å².